The average molecular weight is 339 g/mol. The maximum Gasteiger partial charge on any atom is 0.226 e. The molecule has 134 valence electrons. The fourth-order valence-electron chi connectivity index (χ4n) is 3.51. The first-order valence-corrected chi connectivity index (χ1v) is 9.14. The lowest BCUT2D eigenvalue weighted by Crippen LogP contribution is -2.48. The monoisotopic (exact) mass is 339 g/mol. The van der Waals surface area contributed by atoms with E-state index in [-0.39, 0.29) is 0 Å². The first-order chi connectivity index (χ1) is 12.1. The number of aliphatic hydroxyl groups excluding tert-OH is 1. The number of benzene rings is 2. The number of carbonyl (C=O) groups excluding carboxylic acids is 1. The third-order valence-electron chi connectivity index (χ3n) is 5.06. The predicted molar refractivity (Wildman–Crippen MR) is 102 cm³/mol. The van der Waals surface area contributed by atoms with Crippen LogP contribution in [0.15, 0.2) is 60.7 Å². The maximum atomic E-state index is 12.4. The Kier molecular flexibility index (Phi) is 7.20. The second kappa shape index (κ2) is 9.38. The summed E-state index contributed by atoms with van der Waals surface area (Å²) >= 11 is 0. The normalized spacial score (nSPS) is 14.6. The zero-order valence-corrected chi connectivity index (χ0v) is 15.0. The van der Waals surface area contributed by atoms with Gasteiger partial charge in [-0.2, -0.15) is 0 Å². The number of primary amides is 1. The van der Waals surface area contributed by atoms with Gasteiger partial charge in [0.25, 0.3) is 0 Å². The van der Waals surface area contributed by atoms with Crippen LogP contribution >= 0.6 is 0 Å². The Hall–Kier alpha value is -2.13. The summed E-state index contributed by atoms with van der Waals surface area (Å²) in [4.78, 5) is 12.4. The van der Waals surface area contributed by atoms with E-state index in [2.05, 4.69) is 12.1 Å². The van der Waals surface area contributed by atoms with Gasteiger partial charge in [-0.1, -0.05) is 74.0 Å². The third kappa shape index (κ3) is 5.17. The first-order valence-electron chi connectivity index (χ1n) is 9.14. The second-order valence-electron chi connectivity index (χ2n) is 6.80. The molecule has 0 radical (unpaired) electrons. The SMILES string of the molecule is CCC(O)C(CCCCc1ccccc1)(Cc1ccccc1)C(N)=O. The Bertz CT molecular complexity index is 642. The van der Waals surface area contributed by atoms with E-state index in [0.717, 1.165) is 24.8 Å². The van der Waals surface area contributed by atoms with Crippen molar-refractivity contribution in [2.45, 2.75) is 51.6 Å². The summed E-state index contributed by atoms with van der Waals surface area (Å²) in [7, 11) is 0. The minimum absolute atomic E-state index is 0.398. The summed E-state index contributed by atoms with van der Waals surface area (Å²) in [5.41, 5.74) is 7.23. The van der Waals surface area contributed by atoms with Gasteiger partial charge >= 0.3 is 0 Å². The lowest BCUT2D eigenvalue weighted by Gasteiger charge is -2.35. The molecular weight excluding hydrogens is 310 g/mol. The van der Waals surface area contributed by atoms with Gasteiger partial charge in [0.1, 0.15) is 0 Å². The van der Waals surface area contributed by atoms with Gasteiger partial charge in [-0.25, -0.2) is 0 Å². The zero-order valence-electron chi connectivity index (χ0n) is 15.0. The molecule has 2 atom stereocenters. The van der Waals surface area contributed by atoms with Gasteiger partial charge in [0.05, 0.1) is 11.5 Å². The van der Waals surface area contributed by atoms with Crippen molar-refractivity contribution in [3.63, 3.8) is 0 Å². The molecule has 0 aromatic heterocycles. The number of amides is 1. The van der Waals surface area contributed by atoms with Crippen molar-refractivity contribution in [3.05, 3.63) is 71.8 Å². The highest BCUT2D eigenvalue weighted by Crippen LogP contribution is 2.35. The summed E-state index contributed by atoms with van der Waals surface area (Å²) in [5.74, 6) is -0.398. The van der Waals surface area contributed by atoms with Gasteiger partial charge in [0.2, 0.25) is 5.91 Å². The van der Waals surface area contributed by atoms with E-state index in [1.165, 1.54) is 5.56 Å². The molecular formula is C22H29NO2. The van der Waals surface area contributed by atoms with E-state index in [1.54, 1.807) is 0 Å². The standard InChI is InChI=1S/C22H29NO2/c1-2-20(24)22(21(23)25,17-19-14-7-4-8-15-19)16-10-9-13-18-11-5-3-6-12-18/h3-8,11-12,14-15,20,24H,2,9-10,13,16-17H2,1H3,(H2,23,25). The van der Waals surface area contributed by atoms with E-state index in [1.807, 2.05) is 55.5 Å². The molecule has 0 aliphatic heterocycles. The minimum Gasteiger partial charge on any atom is -0.392 e. The number of aliphatic hydroxyl groups is 1. The second-order valence-corrected chi connectivity index (χ2v) is 6.80. The van der Waals surface area contributed by atoms with Crippen LogP contribution in [0.5, 0.6) is 0 Å². The number of carbonyl (C=O) groups is 1. The van der Waals surface area contributed by atoms with Crippen LogP contribution in [-0.2, 0) is 17.6 Å². The molecule has 3 nitrogen and oxygen atoms in total. The number of hydrogen-bond acceptors (Lipinski definition) is 2. The molecule has 0 aliphatic rings. The first kappa shape index (κ1) is 19.2. The molecule has 2 unspecified atom stereocenters. The van der Waals surface area contributed by atoms with Gasteiger partial charge < -0.3 is 10.8 Å². The van der Waals surface area contributed by atoms with Crippen LogP contribution in [0.1, 0.15) is 43.7 Å². The molecule has 0 saturated heterocycles. The summed E-state index contributed by atoms with van der Waals surface area (Å²) in [6.45, 7) is 1.90. The molecule has 1 amide bonds. The molecule has 2 aromatic rings. The lowest BCUT2D eigenvalue weighted by atomic mass is 9.71. The largest absolute Gasteiger partial charge is 0.392 e. The number of aryl methyl sites for hydroxylation is 1. The molecule has 0 saturated carbocycles. The van der Waals surface area contributed by atoms with Crippen molar-refractivity contribution in [2.24, 2.45) is 11.1 Å². The van der Waals surface area contributed by atoms with Crippen molar-refractivity contribution in [3.8, 4) is 0 Å². The fraction of sp³-hybridized carbons (Fsp3) is 0.409. The van der Waals surface area contributed by atoms with Gasteiger partial charge in [-0.3, -0.25) is 4.79 Å². The average Bonchev–Trinajstić information content (AvgIpc) is 2.65. The number of unbranched alkanes of at least 4 members (excludes halogenated alkanes) is 1. The van der Waals surface area contributed by atoms with Crippen LogP contribution in [-0.4, -0.2) is 17.1 Å². The number of rotatable bonds is 10. The topological polar surface area (TPSA) is 63.3 Å². The number of hydrogen-bond donors (Lipinski definition) is 2. The highest BCUT2D eigenvalue weighted by atomic mass is 16.3. The van der Waals surface area contributed by atoms with Gasteiger partial charge in [0, 0.05) is 0 Å². The Morgan fingerprint density at radius 3 is 2.08 bits per heavy atom. The Labute approximate surface area is 150 Å². The van der Waals surface area contributed by atoms with E-state index in [4.69, 9.17) is 5.73 Å². The highest BCUT2D eigenvalue weighted by Gasteiger charge is 2.42. The summed E-state index contributed by atoms with van der Waals surface area (Å²) in [5, 5.41) is 10.6. The van der Waals surface area contributed by atoms with E-state index in [9.17, 15) is 9.90 Å². The maximum absolute atomic E-state index is 12.4. The van der Waals surface area contributed by atoms with Crippen LogP contribution in [0.4, 0.5) is 0 Å². The Morgan fingerprint density at radius 1 is 1.00 bits per heavy atom. The van der Waals surface area contributed by atoms with E-state index in [0.29, 0.717) is 19.3 Å². The van der Waals surface area contributed by atoms with Crippen LogP contribution < -0.4 is 5.73 Å². The van der Waals surface area contributed by atoms with Crippen molar-refractivity contribution in [1.29, 1.82) is 0 Å². The number of nitrogens with two attached hydrogens (primary N) is 1. The van der Waals surface area contributed by atoms with Crippen molar-refractivity contribution >= 4 is 5.91 Å². The molecule has 3 heteroatoms. The smallest absolute Gasteiger partial charge is 0.226 e. The van der Waals surface area contributed by atoms with Crippen molar-refractivity contribution < 1.29 is 9.90 Å². The van der Waals surface area contributed by atoms with Gasteiger partial charge in [-0.15, -0.1) is 0 Å². The van der Waals surface area contributed by atoms with Gasteiger partial charge in [0.15, 0.2) is 0 Å². The van der Waals surface area contributed by atoms with Crippen LogP contribution in [0.3, 0.4) is 0 Å². The molecule has 0 spiro atoms. The quantitative estimate of drug-likeness (QED) is 0.645. The molecule has 0 fully saturated rings. The minimum atomic E-state index is -0.896. The van der Waals surface area contributed by atoms with Gasteiger partial charge in [-0.05, 0) is 43.2 Å². The molecule has 2 rings (SSSR count). The molecule has 3 N–H and O–H groups in total. The molecule has 0 heterocycles. The zero-order chi connectivity index (χ0) is 18.1. The molecule has 2 aromatic carbocycles. The molecule has 25 heavy (non-hydrogen) atoms. The summed E-state index contributed by atoms with van der Waals surface area (Å²) < 4.78 is 0. The highest BCUT2D eigenvalue weighted by molar-refractivity contribution is 5.82. The summed E-state index contributed by atoms with van der Waals surface area (Å²) in [6.07, 6.45) is 3.72. The fourth-order valence-corrected chi connectivity index (χ4v) is 3.51. The van der Waals surface area contributed by atoms with E-state index < -0.39 is 17.4 Å². The molecule has 0 bridgehead atoms. The summed E-state index contributed by atoms with van der Waals surface area (Å²) in [6, 6.07) is 20.2. The Balaban J connectivity index is 2.06. The van der Waals surface area contributed by atoms with Crippen molar-refractivity contribution in [2.75, 3.05) is 0 Å². The molecule has 0 aliphatic carbocycles. The van der Waals surface area contributed by atoms with Crippen LogP contribution in [0.2, 0.25) is 0 Å². The van der Waals surface area contributed by atoms with Crippen molar-refractivity contribution in [1.82, 2.24) is 0 Å². The lowest BCUT2D eigenvalue weighted by molar-refractivity contribution is -0.135. The van der Waals surface area contributed by atoms with Crippen LogP contribution in [0, 0.1) is 5.41 Å². The Morgan fingerprint density at radius 2 is 1.56 bits per heavy atom. The third-order valence-corrected chi connectivity index (χ3v) is 5.06. The van der Waals surface area contributed by atoms with Crippen LogP contribution in [0.25, 0.3) is 0 Å². The van der Waals surface area contributed by atoms with E-state index >= 15 is 0 Å². The predicted octanol–water partition coefficient (Wildman–Crippen LogP) is 3.88.